The number of carboxylic acid groups (broad SMARTS) is 1. The predicted molar refractivity (Wildman–Crippen MR) is 125 cm³/mol. The number of carbonyl (C=O) groups excluding carboxylic acids is 1. The zero-order chi connectivity index (χ0) is 23.0. The summed E-state index contributed by atoms with van der Waals surface area (Å²) in [7, 11) is -3.90. The molecule has 0 unspecified atom stereocenters. The number of carboxylic acids is 1. The van der Waals surface area contributed by atoms with Crippen LogP contribution in [-0.2, 0) is 10.0 Å². The quantitative estimate of drug-likeness (QED) is 0.365. The third-order valence-electron chi connectivity index (χ3n) is 4.75. The first kappa shape index (κ1) is 22.1. The summed E-state index contributed by atoms with van der Waals surface area (Å²) in [6.07, 6.45) is 1.44. The zero-order valence-electron chi connectivity index (χ0n) is 16.1. The van der Waals surface area contributed by atoms with E-state index >= 15 is 0 Å². The summed E-state index contributed by atoms with van der Waals surface area (Å²) in [4.78, 5) is 24.0. The van der Waals surface area contributed by atoms with Crippen molar-refractivity contribution in [1.82, 2.24) is 3.97 Å². The molecule has 0 aliphatic heterocycles. The van der Waals surface area contributed by atoms with E-state index in [2.05, 4.69) is 21.2 Å². The molecule has 32 heavy (non-hydrogen) atoms. The molecule has 1 heterocycles. The monoisotopic (exact) mass is 532 g/mol. The highest BCUT2D eigenvalue weighted by atomic mass is 79.9. The Morgan fingerprint density at radius 3 is 2.38 bits per heavy atom. The van der Waals surface area contributed by atoms with Gasteiger partial charge in [0.05, 0.1) is 21.7 Å². The third-order valence-corrected chi connectivity index (χ3v) is 7.18. The van der Waals surface area contributed by atoms with Crippen LogP contribution in [0.15, 0.2) is 82.3 Å². The van der Waals surface area contributed by atoms with Gasteiger partial charge in [0.1, 0.15) is 0 Å². The minimum atomic E-state index is -3.90. The molecule has 1 amide bonds. The Balaban J connectivity index is 1.61. The maximum absolute atomic E-state index is 13.1. The number of halogens is 2. The van der Waals surface area contributed by atoms with Crippen molar-refractivity contribution in [3.8, 4) is 0 Å². The van der Waals surface area contributed by atoms with E-state index in [-0.39, 0.29) is 21.7 Å². The molecule has 0 aliphatic rings. The smallest absolute Gasteiger partial charge is 0.337 e. The minimum Gasteiger partial charge on any atom is -0.478 e. The summed E-state index contributed by atoms with van der Waals surface area (Å²) < 4.78 is 27.9. The van der Waals surface area contributed by atoms with Gasteiger partial charge in [-0.2, -0.15) is 0 Å². The first-order valence-corrected chi connectivity index (χ1v) is 11.7. The molecular formula is C22H14BrClN2O5S. The van der Waals surface area contributed by atoms with E-state index in [1.54, 1.807) is 30.3 Å². The van der Waals surface area contributed by atoms with Gasteiger partial charge in [-0.05, 0) is 66.7 Å². The highest BCUT2D eigenvalue weighted by molar-refractivity contribution is 9.10. The number of hydrogen-bond acceptors (Lipinski definition) is 4. The van der Waals surface area contributed by atoms with Crippen LogP contribution in [0.1, 0.15) is 20.7 Å². The number of aromatic nitrogens is 1. The van der Waals surface area contributed by atoms with E-state index in [1.807, 2.05) is 0 Å². The molecule has 0 radical (unpaired) electrons. The van der Waals surface area contributed by atoms with Crippen molar-refractivity contribution < 1.29 is 23.1 Å². The second-order valence-corrected chi connectivity index (χ2v) is 9.96. The number of anilines is 1. The van der Waals surface area contributed by atoms with Gasteiger partial charge < -0.3 is 10.4 Å². The molecular weight excluding hydrogens is 520 g/mol. The number of benzene rings is 3. The van der Waals surface area contributed by atoms with Crippen molar-refractivity contribution in [1.29, 1.82) is 0 Å². The summed E-state index contributed by atoms with van der Waals surface area (Å²) in [6, 6.07) is 16.4. The Bertz CT molecular complexity index is 1480. The van der Waals surface area contributed by atoms with E-state index in [0.29, 0.717) is 20.4 Å². The van der Waals surface area contributed by atoms with Crippen molar-refractivity contribution >= 4 is 66.0 Å². The van der Waals surface area contributed by atoms with Crippen LogP contribution < -0.4 is 5.32 Å². The van der Waals surface area contributed by atoms with Crippen LogP contribution in [0.25, 0.3) is 10.9 Å². The van der Waals surface area contributed by atoms with Crippen molar-refractivity contribution in [2.24, 2.45) is 0 Å². The molecule has 0 saturated carbocycles. The lowest BCUT2D eigenvalue weighted by atomic mass is 10.1. The molecule has 162 valence electrons. The van der Waals surface area contributed by atoms with Crippen LogP contribution >= 0.6 is 27.5 Å². The molecule has 0 spiro atoms. The Morgan fingerprint density at radius 1 is 0.969 bits per heavy atom. The van der Waals surface area contributed by atoms with E-state index in [9.17, 15) is 23.1 Å². The van der Waals surface area contributed by atoms with Crippen LogP contribution in [0, 0.1) is 0 Å². The molecule has 10 heteroatoms. The maximum atomic E-state index is 13.1. The van der Waals surface area contributed by atoms with Crippen molar-refractivity contribution in [2.45, 2.75) is 4.90 Å². The average molecular weight is 534 g/mol. The number of fused-ring (bicyclic) bond motifs is 1. The molecule has 2 N–H and O–H groups in total. The Kier molecular flexibility index (Phi) is 5.81. The minimum absolute atomic E-state index is 0.00336. The van der Waals surface area contributed by atoms with Gasteiger partial charge in [-0.3, -0.25) is 4.79 Å². The van der Waals surface area contributed by atoms with E-state index < -0.39 is 21.9 Å². The normalized spacial score (nSPS) is 11.4. The molecule has 0 fully saturated rings. The molecule has 4 rings (SSSR count). The van der Waals surface area contributed by atoms with Gasteiger partial charge in [-0.25, -0.2) is 17.2 Å². The van der Waals surface area contributed by atoms with Gasteiger partial charge in [0.15, 0.2) is 0 Å². The Labute approximate surface area is 196 Å². The predicted octanol–water partition coefficient (Wildman–Crippen LogP) is 5.24. The largest absolute Gasteiger partial charge is 0.478 e. The fourth-order valence-corrected chi connectivity index (χ4v) is 5.08. The SMILES string of the molecule is O=C(Nc1ccc(Br)cc1C(=O)O)c1ccc(S(=O)(=O)n2ccc3cc(Cl)ccc32)cc1. The van der Waals surface area contributed by atoms with Crippen molar-refractivity contribution in [3.05, 3.63) is 93.5 Å². The molecule has 3 aromatic carbocycles. The average Bonchev–Trinajstić information content (AvgIpc) is 3.18. The fourth-order valence-electron chi connectivity index (χ4n) is 3.19. The number of rotatable bonds is 5. The molecule has 7 nitrogen and oxygen atoms in total. The standard InChI is InChI=1S/C22H14BrClN2O5S/c23-15-3-7-19(18(12-15)22(28)29)25-21(27)13-1-5-17(6-2-13)32(30,31)26-10-9-14-11-16(24)4-8-20(14)26/h1-12H,(H,25,27)(H,28,29). The van der Waals surface area contributed by atoms with E-state index in [1.165, 1.54) is 42.6 Å². The van der Waals surface area contributed by atoms with Crippen LogP contribution in [-0.4, -0.2) is 29.4 Å². The van der Waals surface area contributed by atoms with Gasteiger partial charge >= 0.3 is 5.97 Å². The molecule has 0 aliphatic carbocycles. The van der Waals surface area contributed by atoms with E-state index in [4.69, 9.17) is 11.6 Å². The number of amides is 1. The van der Waals surface area contributed by atoms with Crippen LogP contribution in [0.2, 0.25) is 5.02 Å². The second kappa shape index (κ2) is 8.42. The summed E-state index contributed by atoms with van der Waals surface area (Å²) in [6.45, 7) is 0. The van der Waals surface area contributed by atoms with Gasteiger partial charge in [0, 0.05) is 26.6 Å². The Hall–Kier alpha value is -3.14. The lowest BCUT2D eigenvalue weighted by Crippen LogP contribution is -2.16. The van der Waals surface area contributed by atoms with Gasteiger partial charge in [-0.1, -0.05) is 27.5 Å². The number of nitrogens with zero attached hydrogens (tertiary/aromatic N) is 1. The first-order valence-electron chi connectivity index (χ1n) is 9.13. The van der Waals surface area contributed by atoms with Crippen LogP contribution in [0.5, 0.6) is 0 Å². The topological polar surface area (TPSA) is 105 Å². The number of nitrogens with one attached hydrogen (secondary N) is 1. The van der Waals surface area contributed by atoms with Crippen LogP contribution in [0.4, 0.5) is 5.69 Å². The highest BCUT2D eigenvalue weighted by Gasteiger charge is 2.20. The van der Waals surface area contributed by atoms with Gasteiger partial charge in [-0.15, -0.1) is 0 Å². The molecule has 0 atom stereocenters. The molecule has 4 aromatic rings. The third kappa shape index (κ3) is 4.14. The Morgan fingerprint density at radius 2 is 1.69 bits per heavy atom. The number of hydrogen-bond donors (Lipinski definition) is 2. The maximum Gasteiger partial charge on any atom is 0.337 e. The van der Waals surface area contributed by atoms with Crippen molar-refractivity contribution in [3.63, 3.8) is 0 Å². The molecule has 0 saturated heterocycles. The highest BCUT2D eigenvalue weighted by Crippen LogP contribution is 2.26. The molecule has 0 bridgehead atoms. The summed E-state index contributed by atoms with van der Waals surface area (Å²) in [5, 5.41) is 13.1. The number of aromatic carboxylic acids is 1. The van der Waals surface area contributed by atoms with Gasteiger partial charge in [0.2, 0.25) is 0 Å². The summed E-state index contributed by atoms with van der Waals surface area (Å²) in [5.74, 6) is -1.76. The summed E-state index contributed by atoms with van der Waals surface area (Å²) >= 11 is 9.16. The number of carbonyl (C=O) groups is 2. The van der Waals surface area contributed by atoms with Crippen molar-refractivity contribution in [2.75, 3.05) is 5.32 Å². The second-order valence-electron chi connectivity index (χ2n) is 6.79. The zero-order valence-corrected chi connectivity index (χ0v) is 19.3. The van der Waals surface area contributed by atoms with E-state index in [0.717, 1.165) is 3.97 Å². The first-order chi connectivity index (χ1) is 15.2. The lowest BCUT2D eigenvalue weighted by Gasteiger charge is -2.11. The summed E-state index contributed by atoms with van der Waals surface area (Å²) in [5.41, 5.74) is 0.700. The molecule has 1 aromatic heterocycles. The fraction of sp³-hybridized carbons (Fsp3) is 0. The van der Waals surface area contributed by atoms with Gasteiger partial charge in [0.25, 0.3) is 15.9 Å². The van der Waals surface area contributed by atoms with Crippen LogP contribution in [0.3, 0.4) is 0 Å². The lowest BCUT2D eigenvalue weighted by molar-refractivity contribution is 0.0698.